The van der Waals surface area contributed by atoms with Crippen molar-refractivity contribution in [3.63, 3.8) is 0 Å². The fraction of sp³-hybridized carbons (Fsp3) is 0.545. The van der Waals surface area contributed by atoms with Gasteiger partial charge in [0.2, 0.25) is 0 Å². The Bertz CT molecular complexity index is 873. The average molecular weight is 384 g/mol. The molecule has 28 heavy (non-hydrogen) atoms. The van der Waals surface area contributed by atoms with Gasteiger partial charge in [-0.1, -0.05) is 13.0 Å². The lowest BCUT2D eigenvalue weighted by Gasteiger charge is -2.35. The molecule has 3 aliphatic rings. The van der Waals surface area contributed by atoms with Crippen LogP contribution < -0.4 is 5.32 Å². The molecular formula is C22H29FN4O. The quantitative estimate of drug-likeness (QED) is 0.857. The molecule has 1 unspecified atom stereocenters. The molecule has 0 radical (unpaired) electrons. The van der Waals surface area contributed by atoms with E-state index in [1.54, 1.807) is 6.08 Å². The topological polar surface area (TPSA) is 50.2 Å². The summed E-state index contributed by atoms with van der Waals surface area (Å²) in [6.45, 7) is 8.39. The Morgan fingerprint density at radius 3 is 2.82 bits per heavy atom. The van der Waals surface area contributed by atoms with Crippen LogP contribution in [0.3, 0.4) is 0 Å². The number of amides is 1. The van der Waals surface area contributed by atoms with Gasteiger partial charge in [-0.25, -0.2) is 4.39 Å². The normalized spacial score (nSPS) is 25.0. The fourth-order valence-corrected chi connectivity index (χ4v) is 4.68. The third-order valence-electron chi connectivity index (χ3n) is 6.26. The van der Waals surface area contributed by atoms with Gasteiger partial charge in [-0.3, -0.25) is 9.48 Å². The van der Waals surface area contributed by atoms with Gasteiger partial charge in [-0.15, -0.1) is 0 Å². The molecule has 1 fully saturated rings. The summed E-state index contributed by atoms with van der Waals surface area (Å²) in [4.78, 5) is 14.9. The first-order valence-corrected chi connectivity index (χ1v) is 10.3. The molecular weight excluding hydrogens is 355 g/mol. The first-order chi connectivity index (χ1) is 13.4. The summed E-state index contributed by atoms with van der Waals surface area (Å²) in [6.07, 6.45) is 10.7. The van der Waals surface area contributed by atoms with E-state index in [1.165, 1.54) is 11.1 Å². The molecule has 2 aliphatic heterocycles. The van der Waals surface area contributed by atoms with Crippen molar-refractivity contribution in [1.29, 1.82) is 0 Å². The highest BCUT2D eigenvalue weighted by atomic mass is 19.1. The predicted molar refractivity (Wildman–Crippen MR) is 107 cm³/mol. The Hall–Kier alpha value is -2.37. The summed E-state index contributed by atoms with van der Waals surface area (Å²) in [6, 6.07) is 0. The molecule has 3 heterocycles. The van der Waals surface area contributed by atoms with Crippen LogP contribution in [0.4, 0.5) is 4.39 Å². The highest BCUT2D eigenvalue weighted by Crippen LogP contribution is 2.43. The van der Waals surface area contributed by atoms with Crippen molar-refractivity contribution in [2.45, 2.75) is 58.5 Å². The lowest BCUT2D eigenvalue weighted by atomic mass is 9.77. The van der Waals surface area contributed by atoms with Crippen molar-refractivity contribution in [3.05, 3.63) is 52.8 Å². The first kappa shape index (κ1) is 19.0. The second-order valence-electron chi connectivity index (χ2n) is 8.40. The van der Waals surface area contributed by atoms with Gasteiger partial charge in [0.1, 0.15) is 5.83 Å². The van der Waals surface area contributed by atoms with Crippen LogP contribution in [-0.2, 0) is 6.54 Å². The van der Waals surface area contributed by atoms with Crippen LogP contribution >= 0.6 is 0 Å². The molecule has 1 saturated heterocycles. The maximum atomic E-state index is 13.7. The Balaban J connectivity index is 1.42. The van der Waals surface area contributed by atoms with E-state index in [0.717, 1.165) is 50.2 Å². The number of allylic oxidation sites excluding steroid dienone is 2. The van der Waals surface area contributed by atoms with Gasteiger partial charge >= 0.3 is 0 Å². The van der Waals surface area contributed by atoms with Crippen LogP contribution in [-0.4, -0.2) is 39.2 Å². The average Bonchev–Trinajstić information content (AvgIpc) is 3.20. The minimum absolute atomic E-state index is 0.0761. The molecule has 1 amide bonds. The highest BCUT2D eigenvalue weighted by Gasteiger charge is 2.40. The van der Waals surface area contributed by atoms with Crippen LogP contribution in [0.2, 0.25) is 0 Å². The van der Waals surface area contributed by atoms with E-state index >= 15 is 0 Å². The SMILES string of the molecule is CCCn1cc(C(=O)N2CCC(C3=CNC4(C)CC(F)=CC=C34)CC2)c(C)n1. The minimum Gasteiger partial charge on any atom is -0.381 e. The molecule has 1 atom stereocenters. The Labute approximate surface area is 166 Å². The van der Waals surface area contributed by atoms with Crippen LogP contribution in [0.15, 0.2) is 41.5 Å². The molecule has 0 spiro atoms. The summed E-state index contributed by atoms with van der Waals surface area (Å²) < 4.78 is 15.6. The Morgan fingerprint density at radius 2 is 2.11 bits per heavy atom. The van der Waals surface area contributed by atoms with Crippen molar-refractivity contribution in [2.75, 3.05) is 13.1 Å². The number of aromatic nitrogens is 2. The largest absolute Gasteiger partial charge is 0.381 e. The second kappa shape index (κ2) is 7.22. The number of hydrogen-bond donors (Lipinski definition) is 1. The van der Waals surface area contributed by atoms with E-state index in [9.17, 15) is 9.18 Å². The smallest absolute Gasteiger partial charge is 0.257 e. The Morgan fingerprint density at radius 1 is 1.36 bits per heavy atom. The fourth-order valence-electron chi connectivity index (χ4n) is 4.68. The van der Waals surface area contributed by atoms with Gasteiger partial charge in [0.25, 0.3) is 5.91 Å². The molecule has 4 rings (SSSR count). The number of fused-ring (bicyclic) bond motifs is 1. The molecule has 1 aromatic rings. The first-order valence-electron chi connectivity index (χ1n) is 10.3. The van der Waals surface area contributed by atoms with Crippen LogP contribution in [0.5, 0.6) is 0 Å². The number of aryl methyl sites for hydroxylation is 2. The summed E-state index contributed by atoms with van der Waals surface area (Å²) in [5.74, 6) is 0.416. The molecule has 0 aromatic carbocycles. The molecule has 0 bridgehead atoms. The monoisotopic (exact) mass is 384 g/mol. The number of carbonyl (C=O) groups is 1. The molecule has 1 aromatic heterocycles. The van der Waals surface area contributed by atoms with E-state index in [-0.39, 0.29) is 17.3 Å². The summed E-state index contributed by atoms with van der Waals surface area (Å²) in [5.41, 5.74) is 3.68. The van der Waals surface area contributed by atoms with Crippen molar-refractivity contribution < 1.29 is 9.18 Å². The van der Waals surface area contributed by atoms with E-state index in [2.05, 4.69) is 30.5 Å². The maximum absolute atomic E-state index is 13.7. The number of carbonyl (C=O) groups excluding carboxylic acids is 1. The van der Waals surface area contributed by atoms with E-state index in [1.807, 2.05) is 28.8 Å². The lowest BCUT2D eigenvalue weighted by Crippen LogP contribution is -2.40. The van der Waals surface area contributed by atoms with Crippen LogP contribution in [0, 0.1) is 12.8 Å². The number of likely N-dealkylation sites (tertiary alicyclic amines) is 1. The zero-order valence-electron chi connectivity index (χ0n) is 17.0. The molecule has 0 saturated carbocycles. The number of halogens is 1. The third-order valence-corrected chi connectivity index (χ3v) is 6.26. The van der Waals surface area contributed by atoms with Gasteiger partial charge in [0.05, 0.1) is 16.8 Å². The van der Waals surface area contributed by atoms with Gasteiger partial charge in [0, 0.05) is 38.5 Å². The number of rotatable bonds is 4. The Kier molecular flexibility index (Phi) is 4.89. The zero-order valence-corrected chi connectivity index (χ0v) is 17.0. The maximum Gasteiger partial charge on any atom is 0.257 e. The van der Waals surface area contributed by atoms with E-state index in [0.29, 0.717) is 12.3 Å². The van der Waals surface area contributed by atoms with Gasteiger partial charge < -0.3 is 10.2 Å². The van der Waals surface area contributed by atoms with Crippen LogP contribution in [0.25, 0.3) is 0 Å². The minimum atomic E-state index is -0.327. The van der Waals surface area contributed by atoms with Gasteiger partial charge in [-0.05, 0) is 56.3 Å². The zero-order chi connectivity index (χ0) is 19.9. The van der Waals surface area contributed by atoms with Crippen molar-refractivity contribution in [1.82, 2.24) is 20.0 Å². The van der Waals surface area contributed by atoms with Crippen LogP contribution in [0.1, 0.15) is 55.6 Å². The van der Waals surface area contributed by atoms with Crippen molar-refractivity contribution >= 4 is 5.91 Å². The predicted octanol–water partition coefficient (Wildman–Crippen LogP) is 3.88. The summed E-state index contributed by atoms with van der Waals surface area (Å²) >= 11 is 0. The number of hydrogen-bond acceptors (Lipinski definition) is 3. The summed E-state index contributed by atoms with van der Waals surface area (Å²) in [5, 5.41) is 7.85. The van der Waals surface area contributed by atoms with Crippen molar-refractivity contribution in [3.8, 4) is 0 Å². The summed E-state index contributed by atoms with van der Waals surface area (Å²) in [7, 11) is 0. The van der Waals surface area contributed by atoms with E-state index in [4.69, 9.17) is 0 Å². The molecule has 150 valence electrons. The third kappa shape index (κ3) is 3.29. The highest BCUT2D eigenvalue weighted by molar-refractivity contribution is 5.95. The standard InChI is InChI=1S/C22H29FN4O/c1-4-9-27-14-19(15(2)25-27)21(28)26-10-7-16(8-11-26)18-13-24-22(3)12-17(23)5-6-20(18)22/h5-6,13-14,16,24H,4,7-12H2,1-3H3. The molecule has 1 aliphatic carbocycles. The number of nitrogens with one attached hydrogen (secondary N) is 1. The molecule has 6 heteroatoms. The van der Waals surface area contributed by atoms with Gasteiger partial charge in [-0.2, -0.15) is 5.10 Å². The lowest BCUT2D eigenvalue weighted by molar-refractivity contribution is 0.0702. The molecule has 5 nitrogen and oxygen atoms in total. The second-order valence-corrected chi connectivity index (χ2v) is 8.40. The molecule has 1 N–H and O–H groups in total. The number of piperidine rings is 1. The van der Waals surface area contributed by atoms with Gasteiger partial charge in [0.15, 0.2) is 0 Å². The number of nitrogens with zero attached hydrogens (tertiary/aromatic N) is 3. The van der Waals surface area contributed by atoms with E-state index < -0.39 is 0 Å². The van der Waals surface area contributed by atoms with Crippen molar-refractivity contribution in [2.24, 2.45) is 5.92 Å².